The molecule has 2 amide bonds. The number of anilines is 1. The normalized spacial score (nSPS) is 13.7. The number of halogens is 2. The molecule has 0 bridgehead atoms. The number of carbonyl (C=O) groups excluding carboxylic acids is 2. The smallest absolute Gasteiger partial charge is 0.350 e. The molecule has 6 rings (SSSR count). The van der Waals surface area contributed by atoms with E-state index in [0.29, 0.717) is 16.8 Å². The fourth-order valence-corrected chi connectivity index (χ4v) is 4.31. The fraction of sp³-hybridized carbons (Fsp3) is 0.231. The molecule has 0 aliphatic heterocycles. The van der Waals surface area contributed by atoms with Gasteiger partial charge in [0.15, 0.2) is 17.1 Å². The van der Waals surface area contributed by atoms with Gasteiger partial charge in [0.05, 0.1) is 6.20 Å². The van der Waals surface area contributed by atoms with Crippen LogP contribution in [0.2, 0.25) is 0 Å². The second-order valence-corrected chi connectivity index (χ2v) is 9.26. The predicted molar refractivity (Wildman–Crippen MR) is 134 cm³/mol. The van der Waals surface area contributed by atoms with E-state index < -0.39 is 17.4 Å². The molecule has 192 valence electrons. The Balaban J connectivity index is 1.35. The Hall–Kier alpha value is -4.74. The van der Waals surface area contributed by atoms with Crippen LogP contribution >= 0.6 is 0 Å². The number of hydrogen-bond donors (Lipinski definition) is 2. The number of hydrogen-bond acceptors (Lipinski definition) is 6. The predicted octanol–water partition coefficient (Wildman–Crippen LogP) is 3.60. The maximum absolute atomic E-state index is 15.8. The van der Waals surface area contributed by atoms with E-state index in [-0.39, 0.29) is 29.2 Å². The summed E-state index contributed by atoms with van der Waals surface area (Å²) in [7, 11) is 1.56. The molecule has 0 saturated heterocycles. The van der Waals surface area contributed by atoms with Gasteiger partial charge in [0.1, 0.15) is 5.69 Å². The Morgan fingerprint density at radius 2 is 1.76 bits per heavy atom. The number of aryl methyl sites for hydroxylation is 1. The second kappa shape index (κ2) is 8.68. The minimum Gasteiger partial charge on any atom is -0.355 e. The molecule has 4 heterocycles. The van der Waals surface area contributed by atoms with Crippen molar-refractivity contribution in [2.75, 3.05) is 12.4 Å². The summed E-state index contributed by atoms with van der Waals surface area (Å²) in [4.78, 5) is 28.3. The largest absolute Gasteiger partial charge is 0.355 e. The highest BCUT2D eigenvalue weighted by Gasteiger charge is 2.41. The average Bonchev–Trinajstić information content (AvgIpc) is 3.55. The number of aromatic nitrogens is 6. The van der Waals surface area contributed by atoms with Crippen LogP contribution in [0.5, 0.6) is 0 Å². The standard InChI is InChI=1S/C26H22F2N8O2/c1-14-11-16(5-7-18(14)24(38)29-2)17-6-9-22-32-33-25(35(22)12-17)26(27,28)19-8-10-21-30-20(13-36(21)34-19)31-23(37)15-3-4-15/h5-13,15H,3-4H2,1-2H3,(H,29,38)(H,31,37). The van der Waals surface area contributed by atoms with Gasteiger partial charge in [-0.25, -0.2) is 9.50 Å². The van der Waals surface area contributed by atoms with Gasteiger partial charge >= 0.3 is 5.92 Å². The first-order chi connectivity index (χ1) is 18.2. The van der Waals surface area contributed by atoms with Crippen molar-refractivity contribution in [3.63, 3.8) is 0 Å². The van der Waals surface area contributed by atoms with Gasteiger partial charge in [-0.05, 0) is 66.8 Å². The molecular weight excluding hydrogens is 494 g/mol. The number of fused-ring (bicyclic) bond motifs is 2. The molecular formula is C26H22F2N8O2. The second-order valence-electron chi connectivity index (χ2n) is 9.26. The number of carbonyl (C=O) groups is 2. The van der Waals surface area contributed by atoms with Gasteiger partial charge in [0.25, 0.3) is 5.91 Å². The van der Waals surface area contributed by atoms with Crippen LogP contribution in [-0.4, -0.2) is 48.1 Å². The lowest BCUT2D eigenvalue weighted by molar-refractivity contribution is -0.117. The molecule has 0 spiro atoms. The molecule has 1 fully saturated rings. The van der Waals surface area contributed by atoms with Crippen LogP contribution in [0.15, 0.2) is 54.9 Å². The lowest BCUT2D eigenvalue weighted by Crippen LogP contribution is -2.22. The van der Waals surface area contributed by atoms with E-state index in [1.807, 2.05) is 13.0 Å². The molecule has 1 aromatic carbocycles. The Morgan fingerprint density at radius 3 is 2.50 bits per heavy atom. The molecule has 1 saturated carbocycles. The summed E-state index contributed by atoms with van der Waals surface area (Å²) in [5.74, 6) is -4.29. The van der Waals surface area contributed by atoms with E-state index in [2.05, 4.69) is 30.9 Å². The number of nitrogens with one attached hydrogen (secondary N) is 2. The van der Waals surface area contributed by atoms with Crippen molar-refractivity contribution in [1.82, 2.24) is 34.5 Å². The summed E-state index contributed by atoms with van der Waals surface area (Å²) in [6.07, 6.45) is 4.61. The van der Waals surface area contributed by atoms with Crippen LogP contribution in [-0.2, 0) is 10.7 Å². The monoisotopic (exact) mass is 516 g/mol. The third kappa shape index (κ3) is 4.03. The third-order valence-electron chi connectivity index (χ3n) is 6.56. The van der Waals surface area contributed by atoms with Crippen molar-refractivity contribution in [2.45, 2.75) is 25.7 Å². The van der Waals surface area contributed by atoms with Crippen LogP contribution in [0, 0.1) is 12.8 Å². The number of rotatable bonds is 6. The molecule has 1 aliphatic rings. The van der Waals surface area contributed by atoms with Gasteiger partial charge in [-0.3, -0.25) is 14.0 Å². The minimum absolute atomic E-state index is 0.0172. The number of benzene rings is 1. The Morgan fingerprint density at radius 1 is 1.00 bits per heavy atom. The van der Waals surface area contributed by atoms with Crippen molar-refractivity contribution in [1.29, 1.82) is 0 Å². The highest BCUT2D eigenvalue weighted by Crippen LogP contribution is 2.35. The molecule has 2 N–H and O–H groups in total. The van der Waals surface area contributed by atoms with Crippen molar-refractivity contribution in [3.05, 3.63) is 77.5 Å². The van der Waals surface area contributed by atoms with Gasteiger partial charge in [0.2, 0.25) is 11.7 Å². The lowest BCUT2D eigenvalue weighted by Gasteiger charge is -2.14. The molecule has 1 aliphatic carbocycles. The minimum atomic E-state index is -3.59. The van der Waals surface area contributed by atoms with E-state index >= 15 is 8.78 Å². The number of pyridine rings is 1. The van der Waals surface area contributed by atoms with E-state index in [4.69, 9.17) is 0 Å². The van der Waals surface area contributed by atoms with Crippen LogP contribution in [0.25, 0.3) is 22.4 Å². The lowest BCUT2D eigenvalue weighted by atomic mass is 10.0. The van der Waals surface area contributed by atoms with Crippen LogP contribution in [0.1, 0.15) is 40.3 Å². The molecule has 5 aromatic rings. The highest BCUT2D eigenvalue weighted by molar-refractivity contribution is 5.96. The SMILES string of the molecule is CNC(=O)c1ccc(-c2ccc3nnc(C(F)(F)c4ccc5nc(NC(=O)C6CC6)cn5n4)n3c2)cc1C. The van der Waals surface area contributed by atoms with Crippen molar-refractivity contribution in [2.24, 2.45) is 5.92 Å². The average molecular weight is 517 g/mol. The maximum atomic E-state index is 15.8. The van der Waals surface area contributed by atoms with E-state index in [0.717, 1.165) is 24.0 Å². The Kier molecular flexibility index (Phi) is 5.40. The topological polar surface area (TPSA) is 119 Å². The summed E-state index contributed by atoms with van der Waals surface area (Å²) < 4.78 is 34.0. The zero-order valence-electron chi connectivity index (χ0n) is 20.4. The van der Waals surface area contributed by atoms with Crippen LogP contribution in [0.3, 0.4) is 0 Å². The number of nitrogens with zero attached hydrogens (tertiary/aromatic N) is 6. The quantitative estimate of drug-likeness (QED) is 0.356. The van der Waals surface area contributed by atoms with Crippen molar-refractivity contribution >= 4 is 28.9 Å². The van der Waals surface area contributed by atoms with Crippen molar-refractivity contribution < 1.29 is 18.4 Å². The first kappa shape index (κ1) is 23.6. The summed E-state index contributed by atoms with van der Waals surface area (Å²) in [5.41, 5.74) is 2.70. The third-order valence-corrected chi connectivity index (χ3v) is 6.56. The van der Waals surface area contributed by atoms with E-state index in [1.165, 1.54) is 33.4 Å². The van der Waals surface area contributed by atoms with E-state index in [1.54, 1.807) is 31.3 Å². The number of imidazole rings is 1. The summed E-state index contributed by atoms with van der Waals surface area (Å²) in [5, 5.41) is 17.1. The molecule has 10 nitrogen and oxygen atoms in total. The van der Waals surface area contributed by atoms with E-state index in [9.17, 15) is 9.59 Å². The molecule has 0 radical (unpaired) electrons. The first-order valence-corrected chi connectivity index (χ1v) is 12.0. The number of alkyl halides is 2. The van der Waals surface area contributed by atoms with Gasteiger partial charge < -0.3 is 10.6 Å². The van der Waals surface area contributed by atoms with Gasteiger partial charge in [-0.2, -0.15) is 13.9 Å². The number of amides is 2. The summed E-state index contributed by atoms with van der Waals surface area (Å²) >= 11 is 0. The van der Waals surface area contributed by atoms with Crippen LogP contribution in [0.4, 0.5) is 14.6 Å². The van der Waals surface area contributed by atoms with Gasteiger partial charge in [0, 0.05) is 24.7 Å². The maximum Gasteiger partial charge on any atom is 0.350 e. The van der Waals surface area contributed by atoms with Crippen LogP contribution < -0.4 is 10.6 Å². The van der Waals surface area contributed by atoms with Crippen molar-refractivity contribution in [3.8, 4) is 11.1 Å². The summed E-state index contributed by atoms with van der Waals surface area (Å²) in [6, 6.07) is 11.2. The summed E-state index contributed by atoms with van der Waals surface area (Å²) in [6.45, 7) is 1.81. The molecule has 12 heteroatoms. The first-order valence-electron chi connectivity index (χ1n) is 12.0. The molecule has 4 aromatic heterocycles. The zero-order chi connectivity index (χ0) is 26.6. The molecule has 38 heavy (non-hydrogen) atoms. The fourth-order valence-electron chi connectivity index (χ4n) is 4.31. The van der Waals surface area contributed by atoms with Gasteiger partial charge in [-0.1, -0.05) is 12.1 Å². The van der Waals surface area contributed by atoms with Gasteiger partial charge in [-0.15, -0.1) is 10.2 Å². The Bertz CT molecular complexity index is 1740. The zero-order valence-corrected chi connectivity index (χ0v) is 20.4. The highest BCUT2D eigenvalue weighted by atomic mass is 19.3. The molecule has 0 unspecified atom stereocenters. The molecule has 0 atom stereocenters. The Labute approximate surface area is 214 Å².